The van der Waals surface area contributed by atoms with E-state index < -0.39 is 11.8 Å². The minimum Gasteiger partial charge on any atom is -0.395 e. The third-order valence-electron chi connectivity index (χ3n) is 4.13. The van der Waals surface area contributed by atoms with Crippen LogP contribution in [0.1, 0.15) is 24.8 Å². The maximum Gasteiger partial charge on any atom is 0.312 e. The van der Waals surface area contributed by atoms with Gasteiger partial charge in [0.1, 0.15) is 0 Å². The second-order valence-electron chi connectivity index (χ2n) is 6.03. The highest BCUT2D eigenvalue weighted by molar-refractivity contribution is 6.34. The van der Waals surface area contributed by atoms with Gasteiger partial charge in [-0.05, 0) is 18.4 Å². The molecule has 7 nitrogen and oxygen atoms in total. The number of rotatable bonds is 8. The minimum absolute atomic E-state index is 0.101. The second-order valence-corrected chi connectivity index (χ2v) is 6.03. The zero-order valence-electron chi connectivity index (χ0n) is 14.3. The van der Waals surface area contributed by atoms with Crippen LogP contribution < -0.4 is 5.32 Å². The summed E-state index contributed by atoms with van der Waals surface area (Å²) in [6.07, 6.45) is 2.10. The van der Waals surface area contributed by atoms with Gasteiger partial charge >= 0.3 is 11.8 Å². The first-order valence-electron chi connectivity index (χ1n) is 8.61. The van der Waals surface area contributed by atoms with Crippen molar-refractivity contribution in [3.63, 3.8) is 0 Å². The Hall–Kier alpha value is -2.41. The van der Waals surface area contributed by atoms with Gasteiger partial charge in [-0.25, -0.2) is 0 Å². The zero-order chi connectivity index (χ0) is 18.1. The van der Waals surface area contributed by atoms with E-state index >= 15 is 0 Å². The van der Waals surface area contributed by atoms with E-state index in [1.807, 2.05) is 30.3 Å². The maximum atomic E-state index is 12.3. The SMILES string of the molecule is O=C(NCCCN1CCCC1=O)C(=O)N(CCO)Cc1ccccc1. The lowest BCUT2D eigenvalue weighted by atomic mass is 10.2. The van der Waals surface area contributed by atoms with Crippen LogP contribution in [0.3, 0.4) is 0 Å². The summed E-state index contributed by atoms with van der Waals surface area (Å²) in [6, 6.07) is 9.32. The molecule has 136 valence electrons. The van der Waals surface area contributed by atoms with E-state index in [0.29, 0.717) is 25.9 Å². The number of hydrogen-bond donors (Lipinski definition) is 2. The molecular formula is C18H25N3O4. The van der Waals surface area contributed by atoms with Crippen molar-refractivity contribution in [2.75, 3.05) is 32.8 Å². The molecule has 25 heavy (non-hydrogen) atoms. The molecule has 1 saturated heterocycles. The fourth-order valence-electron chi connectivity index (χ4n) is 2.81. The van der Waals surface area contributed by atoms with Crippen molar-refractivity contribution in [2.45, 2.75) is 25.8 Å². The molecule has 1 aliphatic rings. The fraction of sp³-hybridized carbons (Fsp3) is 0.500. The Balaban J connectivity index is 1.77. The van der Waals surface area contributed by atoms with Crippen LogP contribution in [-0.4, -0.2) is 65.4 Å². The van der Waals surface area contributed by atoms with Crippen molar-refractivity contribution in [1.29, 1.82) is 0 Å². The van der Waals surface area contributed by atoms with Crippen molar-refractivity contribution in [3.05, 3.63) is 35.9 Å². The molecule has 3 amide bonds. The summed E-state index contributed by atoms with van der Waals surface area (Å²) in [5.74, 6) is -1.19. The topological polar surface area (TPSA) is 90.0 Å². The maximum absolute atomic E-state index is 12.3. The summed E-state index contributed by atoms with van der Waals surface area (Å²) < 4.78 is 0. The van der Waals surface area contributed by atoms with Crippen molar-refractivity contribution >= 4 is 17.7 Å². The Morgan fingerprint density at radius 3 is 2.64 bits per heavy atom. The lowest BCUT2D eigenvalue weighted by molar-refractivity contribution is -0.146. The number of carbonyl (C=O) groups is 3. The summed E-state index contributed by atoms with van der Waals surface area (Å²) in [5.41, 5.74) is 0.893. The lowest BCUT2D eigenvalue weighted by Gasteiger charge is -2.21. The molecule has 1 aliphatic heterocycles. The van der Waals surface area contributed by atoms with Crippen molar-refractivity contribution in [1.82, 2.24) is 15.1 Å². The van der Waals surface area contributed by atoms with Gasteiger partial charge in [-0.3, -0.25) is 14.4 Å². The van der Waals surface area contributed by atoms with E-state index in [9.17, 15) is 14.4 Å². The van der Waals surface area contributed by atoms with Crippen LogP contribution in [0.4, 0.5) is 0 Å². The third kappa shape index (κ3) is 5.86. The Kier molecular flexibility index (Phi) is 7.40. The minimum atomic E-state index is -0.683. The van der Waals surface area contributed by atoms with Crippen LogP contribution in [0.2, 0.25) is 0 Å². The number of carbonyl (C=O) groups excluding carboxylic acids is 3. The number of amides is 3. The third-order valence-corrected chi connectivity index (χ3v) is 4.13. The van der Waals surface area contributed by atoms with Gasteiger partial charge in [-0.1, -0.05) is 30.3 Å². The number of likely N-dealkylation sites (tertiary alicyclic amines) is 1. The average molecular weight is 347 g/mol. The van der Waals surface area contributed by atoms with Crippen LogP contribution in [0.15, 0.2) is 30.3 Å². The second kappa shape index (κ2) is 9.78. The summed E-state index contributed by atoms with van der Waals surface area (Å²) in [4.78, 5) is 38.9. The van der Waals surface area contributed by atoms with Crippen LogP contribution in [0.5, 0.6) is 0 Å². The quantitative estimate of drug-likeness (QED) is 0.517. The van der Waals surface area contributed by atoms with Crippen molar-refractivity contribution in [3.8, 4) is 0 Å². The van der Waals surface area contributed by atoms with E-state index in [1.165, 1.54) is 4.90 Å². The number of benzene rings is 1. The number of aliphatic hydroxyl groups excluding tert-OH is 1. The van der Waals surface area contributed by atoms with Gasteiger partial charge < -0.3 is 20.2 Å². The largest absolute Gasteiger partial charge is 0.395 e. The van der Waals surface area contributed by atoms with E-state index in [1.54, 1.807) is 4.90 Å². The fourth-order valence-corrected chi connectivity index (χ4v) is 2.81. The number of hydrogen-bond acceptors (Lipinski definition) is 4. The molecule has 1 heterocycles. The highest BCUT2D eigenvalue weighted by Crippen LogP contribution is 2.09. The monoisotopic (exact) mass is 347 g/mol. The first-order valence-corrected chi connectivity index (χ1v) is 8.61. The van der Waals surface area contributed by atoms with Crippen molar-refractivity contribution < 1.29 is 19.5 Å². The first kappa shape index (κ1) is 18.9. The molecule has 2 rings (SSSR count). The van der Waals surface area contributed by atoms with Gasteiger partial charge in [-0.2, -0.15) is 0 Å². The molecule has 7 heteroatoms. The zero-order valence-corrected chi connectivity index (χ0v) is 14.3. The molecule has 1 fully saturated rings. The molecule has 0 aromatic heterocycles. The first-order chi connectivity index (χ1) is 12.1. The molecule has 0 radical (unpaired) electrons. The van der Waals surface area contributed by atoms with Gasteiger partial charge in [0.25, 0.3) is 0 Å². The molecular weight excluding hydrogens is 322 g/mol. The van der Waals surface area contributed by atoms with Gasteiger partial charge in [0.15, 0.2) is 0 Å². The summed E-state index contributed by atoms with van der Waals surface area (Å²) >= 11 is 0. The van der Waals surface area contributed by atoms with Gasteiger partial charge in [-0.15, -0.1) is 0 Å². The molecule has 1 aromatic carbocycles. The van der Waals surface area contributed by atoms with Gasteiger partial charge in [0.05, 0.1) is 6.61 Å². The number of nitrogens with one attached hydrogen (secondary N) is 1. The van der Waals surface area contributed by atoms with Crippen LogP contribution in [0.25, 0.3) is 0 Å². The number of nitrogens with zero attached hydrogens (tertiary/aromatic N) is 2. The molecule has 0 bridgehead atoms. The molecule has 0 aliphatic carbocycles. The van der Waals surface area contributed by atoms with Crippen LogP contribution in [0, 0.1) is 0 Å². The Morgan fingerprint density at radius 2 is 2.00 bits per heavy atom. The Morgan fingerprint density at radius 1 is 1.24 bits per heavy atom. The summed E-state index contributed by atoms with van der Waals surface area (Å²) in [5, 5.41) is 11.7. The molecule has 1 aromatic rings. The molecule has 0 saturated carbocycles. The Labute approximate surface area is 147 Å². The predicted molar refractivity (Wildman–Crippen MR) is 92.4 cm³/mol. The number of aliphatic hydroxyl groups is 1. The highest BCUT2D eigenvalue weighted by Gasteiger charge is 2.22. The average Bonchev–Trinajstić information content (AvgIpc) is 3.03. The predicted octanol–water partition coefficient (Wildman–Crippen LogP) is 0.136. The van der Waals surface area contributed by atoms with E-state index in [2.05, 4.69) is 5.32 Å². The van der Waals surface area contributed by atoms with Crippen LogP contribution in [-0.2, 0) is 20.9 Å². The van der Waals surface area contributed by atoms with Crippen molar-refractivity contribution in [2.24, 2.45) is 0 Å². The Bertz CT molecular complexity index is 591. The van der Waals surface area contributed by atoms with E-state index in [4.69, 9.17) is 5.11 Å². The standard InChI is InChI=1S/C18H25N3O4/c22-13-12-21(14-15-6-2-1-3-7-15)18(25)17(24)19-9-5-11-20-10-4-8-16(20)23/h1-3,6-7,22H,4-5,8-14H2,(H,19,24). The van der Waals surface area contributed by atoms with Gasteiger partial charge in [0.2, 0.25) is 5.91 Å². The van der Waals surface area contributed by atoms with Gasteiger partial charge in [0, 0.05) is 39.1 Å². The highest BCUT2D eigenvalue weighted by atomic mass is 16.3. The molecule has 2 N–H and O–H groups in total. The van der Waals surface area contributed by atoms with E-state index in [0.717, 1.165) is 18.5 Å². The van der Waals surface area contributed by atoms with E-state index in [-0.39, 0.29) is 25.6 Å². The lowest BCUT2D eigenvalue weighted by Crippen LogP contribution is -2.44. The molecule has 0 spiro atoms. The summed E-state index contributed by atoms with van der Waals surface area (Å²) in [7, 11) is 0. The summed E-state index contributed by atoms with van der Waals surface area (Å²) in [6.45, 7) is 1.87. The molecule has 0 atom stereocenters. The normalized spacial score (nSPS) is 13.8. The molecule has 0 unspecified atom stereocenters. The van der Waals surface area contributed by atoms with Crippen LogP contribution >= 0.6 is 0 Å². The smallest absolute Gasteiger partial charge is 0.312 e.